The van der Waals surface area contributed by atoms with Gasteiger partial charge in [0.25, 0.3) is 5.91 Å². The SMILES string of the molecule is O=C1c2oc3ccc(Br)cc3c(=O)c2C(c2ccccc2)N1CC[NH+]1CCOCC1. The van der Waals surface area contributed by atoms with Crippen LogP contribution >= 0.6 is 15.9 Å². The van der Waals surface area contributed by atoms with Crippen LogP contribution in [0.25, 0.3) is 11.0 Å². The normalized spacial score (nSPS) is 19.4. The largest absolute Gasteiger partial charge is 0.450 e. The quantitative estimate of drug-likeness (QED) is 0.634. The van der Waals surface area contributed by atoms with E-state index in [1.807, 2.05) is 36.4 Å². The van der Waals surface area contributed by atoms with Gasteiger partial charge >= 0.3 is 0 Å². The van der Waals surface area contributed by atoms with Crippen molar-refractivity contribution in [1.82, 2.24) is 4.90 Å². The van der Waals surface area contributed by atoms with E-state index in [1.165, 1.54) is 4.90 Å². The summed E-state index contributed by atoms with van der Waals surface area (Å²) in [5.41, 5.74) is 1.65. The van der Waals surface area contributed by atoms with Gasteiger partial charge in [-0.2, -0.15) is 0 Å². The fourth-order valence-corrected chi connectivity index (χ4v) is 4.75. The van der Waals surface area contributed by atoms with Gasteiger partial charge in [-0.05, 0) is 23.8 Å². The zero-order valence-corrected chi connectivity index (χ0v) is 18.0. The van der Waals surface area contributed by atoms with Crippen LogP contribution in [-0.2, 0) is 4.74 Å². The van der Waals surface area contributed by atoms with Gasteiger partial charge in [0.1, 0.15) is 18.7 Å². The molecule has 0 bridgehead atoms. The number of carbonyl (C=O) groups excluding carboxylic acids is 1. The Balaban J connectivity index is 1.60. The average molecular weight is 470 g/mol. The molecule has 7 heteroatoms. The number of halogens is 1. The molecule has 5 rings (SSSR count). The van der Waals surface area contributed by atoms with Crippen LogP contribution in [0.3, 0.4) is 0 Å². The summed E-state index contributed by atoms with van der Waals surface area (Å²) >= 11 is 3.43. The molecule has 2 aromatic carbocycles. The molecule has 0 saturated carbocycles. The Morgan fingerprint density at radius 3 is 2.60 bits per heavy atom. The van der Waals surface area contributed by atoms with Crippen molar-refractivity contribution in [2.75, 3.05) is 39.4 Å². The van der Waals surface area contributed by atoms with Gasteiger partial charge in [-0.1, -0.05) is 46.3 Å². The molecule has 1 amide bonds. The van der Waals surface area contributed by atoms with Crippen molar-refractivity contribution in [3.8, 4) is 0 Å². The molecule has 2 aliphatic heterocycles. The number of rotatable bonds is 4. The van der Waals surface area contributed by atoms with E-state index in [1.54, 1.807) is 17.0 Å². The molecule has 1 N–H and O–H groups in total. The summed E-state index contributed by atoms with van der Waals surface area (Å²) in [7, 11) is 0. The highest BCUT2D eigenvalue weighted by atomic mass is 79.9. The van der Waals surface area contributed by atoms with Crippen LogP contribution in [0, 0.1) is 0 Å². The zero-order chi connectivity index (χ0) is 20.7. The summed E-state index contributed by atoms with van der Waals surface area (Å²) in [5.74, 6) is -0.0471. The molecule has 0 aliphatic carbocycles. The number of quaternary nitrogens is 1. The number of nitrogens with zero attached hydrogens (tertiary/aromatic N) is 1. The number of ether oxygens (including phenoxy) is 1. The van der Waals surface area contributed by atoms with E-state index in [-0.39, 0.29) is 17.1 Å². The van der Waals surface area contributed by atoms with E-state index in [0.29, 0.717) is 23.1 Å². The first kappa shape index (κ1) is 19.5. The highest BCUT2D eigenvalue weighted by Gasteiger charge is 2.43. The van der Waals surface area contributed by atoms with Gasteiger partial charge in [0.05, 0.1) is 43.3 Å². The third-order valence-electron chi connectivity index (χ3n) is 5.95. The van der Waals surface area contributed by atoms with Crippen LogP contribution in [0.5, 0.6) is 0 Å². The molecule has 1 aromatic heterocycles. The van der Waals surface area contributed by atoms with E-state index in [2.05, 4.69) is 15.9 Å². The fourth-order valence-electron chi connectivity index (χ4n) is 4.39. The number of hydrogen-bond donors (Lipinski definition) is 1. The third-order valence-corrected chi connectivity index (χ3v) is 6.44. The van der Waals surface area contributed by atoms with Crippen LogP contribution < -0.4 is 10.3 Å². The molecule has 3 aromatic rings. The molecule has 1 atom stereocenters. The summed E-state index contributed by atoms with van der Waals surface area (Å²) in [6, 6.07) is 14.6. The summed E-state index contributed by atoms with van der Waals surface area (Å²) in [4.78, 5) is 30.0. The minimum absolute atomic E-state index is 0.143. The molecule has 6 nitrogen and oxygen atoms in total. The van der Waals surface area contributed by atoms with Crippen LogP contribution in [0.15, 0.2) is 62.2 Å². The van der Waals surface area contributed by atoms with Crippen molar-refractivity contribution in [3.05, 3.63) is 80.1 Å². The molecule has 30 heavy (non-hydrogen) atoms. The van der Waals surface area contributed by atoms with Crippen molar-refractivity contribution >= 4 is 32.8 Å². The van der Waals surface area contributed by atoms with Crippen molar-refractivity contribution < 1.29 is 18.8 Å². The lowest BCUT2D eigenvalue weighted by Gasteiger charge is -2.29. The van der Waals surface area contributed by atoms with Crippen LogP contribution in [0.4, 0.5) is 0 Å². The van der Waals surface area contributed by atoms with Gasteiger partial charge in [0.2, 0.25) is 5.76 Å². The Labute approximate surface area is 182 Å². The minimum atomic E-state index is -0.436. The number of carbonyl (C=O) groups is 1. The number of nitrogens with one attached hydrogen (secondary N) is 1. The summed E-state index contributed by atoms with van der Waals surface area (Å²) in [5, 5.41) is 0.484. The number of benzene rings is 2. The van der Waals surface area contributed by atoms with Crippen molar-refractivity contribution in [2.24, 2.45) is 0 Å². The van der Waals surface area contributed by atoms with E-state index in [9.17, 15) is 9.59 Å². The van der Waals surface area contributed by atoms with Crippen molar-refractivity contribution in [2.45, 2.75) is 6.04 Å². The topological polar surface area (TPSA) is 64.2 Å². The lowest BCUT2D eigenvalue weighted by atomic mass is 9.98. The van der Waals surface area contributed by atoms with E-state index in [4.69, 9.17) is 9.15 Å². The molecule has 1 fully saturated rings. The Kier molecular flexibility index (Phi) is 5.18. The highest BCUT2D eigenvalue weighted by molar-refractivity contribution is 9.10. The van der Waals surface area contributed by atoms with Gasteiger partial charge in [0.15, 0.2) is 5.43 Å². The van der Waals surface area contributed by atoms with Gasteiger partial charge < -0.3 is 19.0 Å². The number of amides is 1. The molecule has 1 unspecified atom stereocenters. The number of morpholine rings is 1. The van der Waals surface area contributed by atoms with Gasteiger partial charge in [0, 0.05) is 4.47 Å². The molecular formula is C23H22BrN2O4+. The molecule has 154 valence electrons. The van der Waals surface area contributed by atoms with E-state index in [0.717, 1.165) is 42.9 Å². The maximum absolute atomic E-state index is 13.5. The lowest BCUT2D eigenvalue weighted by Crippen LogP contribution is -3.14. The van der Waals surface area contributed by atoms with Gasteiger partial charge in [-0.15, -0.1) is 0 Å². The Hall–Kier alpha value is -2.48. The lowest BCUT2D eigenvalue weighted by molar-refractivity contribution is -0.907. The highest BCUT2D eigenvalue weighted by Crippen LogP contribution is 2.37. The van der Waals surface area contributed by atoms with Gasteiger partial charge in [-0.25, -0.2) is 0 Å². The van der Waals surface area contributed by atoms with E-state index >= 15 is 0 Å². The first-order chi connectivity index (χ1) is 14.6. The van der Waals surface area contributed by atoms with Crippen molar-refractivity contribution in [3.63, 3.8) is 0 Å². The van der Waals surface area contributed by atoms with Crippen molar-refractivity contribution in [1.29, 1.82) is 0 Å². The van der Waals surface area contributed by atoms with Gasteiger partial charge in [-0.3, -0.25) is 9.59 Å². The maximum Gasteiger partial charge on any atom is 0.291 e. The van der Waals surface area contributed by atoms with E-state index < -0.39 is 6.04 Å². The fraction of sp³-hybridized carbons (Fsp3) is 0.304. The second-order valence-corrected chi connectivity index (χ2v) is 8.65. The second-order valence-electron chi connectivity index (χ2n) is 7.74. The predicted octanol–water partition coefficient (Wildman–Crippen LogP) is 2.02. The number of fused-ring (bicyclic) bond motifs is 2. The minimum Gasteiger partial charge on any atom is -0.450 e. The standard InChI is InChI=1S/C23H21BrN2O4/c24-16-6-7-18-17(14-16)21(27)19-20(15-4-2-1-3-5-15)26(23(28)22(19)30-18)9-8-25-10-12-29-13-11-25/h1-7,14,20H,8-13H2/p+1. The molecule has 1 saturated heterocycles. The molecule has 3 heterocycles. The average Bonchev–Trinajstić information content (AvgIpc) is 3.06. The first-order valence-electron chi connectivity index (χ1n) is 10.2. The number of hydrogen-bond acceptors (Lipinski definition) is 4. The zero-order valence-electron chi connectivity index (χ0n) is 16.4. The first-order valence-corrected chi connectivity index (χ1v) is 11.0. The Morgan fingerprint density at radius 2 is 1.83 bits per heavy atom. The smallest absolute Gasteiger partial charge is 0.291 e. The molecule has 2 aliphatic rings. The van der Waals surface area contributed by atoms with Crippen LogP contribution in [-0.4, -0.2) is 50.2 Å². The summed E-state index contributed by atoms with van der Waals surface area (Å²) < 4.78 is 12.2. The van der Waals surface area contributed by atoms with Crippen LogP contribution in [0.1, 0.15) is 27.7 Å². The Morgan fingerprint density at radius 1 is 1.07 bits per heavy atom. The Bertz CT molecular complexity index is 1160. The maximum atomic E-state index is 13.5. The predicted molar refractivity (Wildman–Crippen MR) is 116 cm³/mol. The second kappa shape index (κ2) is 7.98. The third kappa shape index (κ3) is 3.37. The molecule has 0 radical (unpaired) electrons. The molecule has 0 spiro atoms. The monoisotopic (exact) mass is 469 g/mol. The van der Waals surface area contributed by atoms with Crippen LogP contribution in [0.2, 0.25) is 0 Å². The summed E-state index contributed by atoms with van der Waals surface area (Å²) in [6.45, 7) is 4.71. The molecular weight excluding hydrogens is 448 g/mol. The summed E-state index contributed by atoms with van der Waals surface area (Å²) in [6.07, 6.45) is 0.